The smallest absolute Gasteiger partial charge is 0.259 e. The summed E-state index contributed by atoms with van der Waals surface area (Å²) >= 11 is 0. The third-order valence-corrected chi connectivity index (χ3v) is 5.46. The third kappa shape index (κ3) is 5.46. The molecule has 2 heterocycles. The maximum Gasteiger partial charge on any atom is 0.259 e. The first-order chi connectivity index (χ1) is 16.3. The van der Waals surface area contributed by atoms with Gasteiger partial charge in [-0.05, 0) is 43.4 Å². The fraction of sp³-hybridized carbons (Fsp3) is 0.208. The molecule has 4 rings (SSSR count). The van der Waals surface area contributed by atoms with Crippen LogP contribution >= 0.6 is 0 Å². The highest BCUT2D eigenvalue weighted by molar-refractivity contribution is 6.07. The van der Waals surface area contributed by atoms with E-state index in [1.165, 1.54) is 18.2 Å². The van der Waals surface area contributed by atoms with Crippen molar-refractivity contribution in [1.29, 1.82) is 0 Å². The second-order valence-corrected chi connectivity index (χ2v) is 7.99. The Morgan fingerprint density at radius 3 is 2.15 bits per heavy atom. The number of amides is 2. The average molecular weight is 467 g/mol. The average Bonchev–Trinajstić information content (AvgIpc) is 2.79. The molecule has 10 heteroatoms. The minimum absolute atomic E-state index is 0.0158. The molecule has 0 atom stereocenters. The van der Waals surface area contributed by atoms with Gasteiger partial charge < -0.3 is 25.5 Å². The van der Waals surface area contributed by atoms with Crippen molar-refractivity contribution in [1.82, 2.24) is 9.88 Å². The van der Waals surface area contributed by atoms with Crippen LogP contribution < -0.4 is 15.5 Å². The Morgan fingerprint density at radius 2 is 1.53 bits per heavy atom. The molecule has 0 radical (unpaired) electrons. The lowest BCUT2D eigenvalue weighted by molar-refractivity contribution is 0.101. The quantitative estimate of drug-likeness (QED) is 0.533. The topological polar surface area (TPSA) is 97.8 Å². The van der Waals surface area contributed by atoms with Crippen molar-refractivity contribution in [2.75, 3.05) is 48.8 Å². The molecule has 176 valence electrons. The number of aromatic nitrogens is 1. The highest BCUT2D eigenvalue weighted by Crippen LogP contribution is 2.24. The van der Waals surface area contributed by atoms with Crippen molar-refractivity contribution in [2.24, 2.45) is 0 Å². The van der Waals surface area contributed by atoms with Gasteiger partial charge in [-0.15, -0.1) is 0 Å². The standard InChI is InChI=1S/C24H23F2N5O3/c1-30-6-8-31(9-7-30)22-5-3-19(14-27-22)29-24(34)20-4-2-18(13-21(20)32)28-23(33)15-10-16(25)12-17(26)11-15/h2-5,10-14,32H,6-9H2,1H3,(H,28,33)(H,29,34). The van der Waals surface area contributed by atoms with Gasteiger partial charge in [-0.25, -0.2) is 13.8 Å². The molecular weight excluding hydrogens is 444 g/mol. The molecule has 0 saturated carbocycles. The molecule has 1 saturated heterocycles. The van der Waals surface area contributed by atoms with Crippen molar-refractivity contribution in [3.8, 4) is 5.75 Å². The van der Waals surface area contributed by atoms with E-state index >= 15 is 0 Å². The fourth-order valence-corrected chi connectivity index (χ4v) is 3.57. The Morgan fingerprint density at radius 1 is 0.882 bits per heavy atom. The van der Waals surface area contributed by atoms with Crippen LogP contribution in [0.15, 0.2) is 54.7 Å². The molecule has 1 aromatic heterocycles. The van der Waals surface area contributed by atoms with E-state index in [9.17, 15) is 23.5 Å². The zero-order valence-electron chi connectivity index (χ0n) is 18.4. The first kappa shape index (κ1) is 23.1. The van der Waals surface area contributed by atoms with E-state index in [1.54, 1.807) is 12.3 Å². The summed E-state index contributed by atoms with van der Waals surface area (Å²) in [6.07, 6.45) is 1.55. The largest absolute Gasteiger partial charge is 0.507 e. The number of phenols is 1. The van der Waals surface area contributed by atoms with Crippen molar-refractivity contribution < 1.29 is 23.5 Å². The van der Waals surface area contributed by atoms with Gasteiger partial charge in [0.05, 0.1) is 17.4 Å². The Balaban J connectivity index is 1.39. The minimum Gasteiger partial charge on any atom is -0.507 e. The normalized spacial score (nSPS) is 14.0. The Bertz CT molecular complexity index is 1190. The lowest BCUT2D eigenvalue weighted by Gasteiger charge is -2.33. The van der Waals surface area contributed by atoms with E-state index in [4.69, 9.17) is 0 Å². The van der Waals surface area contributed by atoms with Crippen molar-refractivity contribution in [3.63, 3.8) is 0 Å². The summed E-state index contributed by atoms with van der Waals surface area (Å²) in [6.45, 7) is 3.66. The highest BCUT2D eigenvalue weighted by atomic mass is 19.1. The van der Waals surface area contributed by atoms with Crippen LogP contribution in [0.1, 0.15) is 20.7 Å². The molecular formula is C24H23F2N5O3. The Hall–Kier alpha value is -4.05. The van der Waals surface area contributed by atoms with Gasteiger partial charge in [-0.1, -0.05) is 0 Å². The van der Waals surface area contributed by atoms with Crippen LogP contribution in [-0.2, 0) is 0 Å². The molecule has 1 aliphatic heterocycles. The summed E-state index contributed by atoms with van der Waals surface area (Å²) in [5.41, 5.74) is 0.388. The zero-order chi connectivity index (χ0) is 24.2. The van der Waals surface area contributed by atoms with E-state index in [2.05, 4.69) is 32.5 Å². The Labute approximate surface area is 194 Å². The predicted molar refractivity (Wildman–Crippen MR) is 124 cm³/mol. The number of carbonyl (C=O) groups excluding carboxylic acids is 2. The number of anilines is 3. The first-order valence-electron chi connectivity index (χ1n) is 10.6. The second-order valence-electron chi connectivity index (χ2n) is 7.99. The second kappa shape index (κ2) is 9.84. The van der Waals surface area contributed by atoms with Gasteiger partial charge in [0, 0.05) is 49.6 Å². The molecule has 2 aromatic carbocycles. The van der Waals surface area contributed by atoms with Crippen molar-refractivity contribution in [2.45, 2.75) is 0 Å². The number of rotatable bonds is 5. The molecule has 0 bridgehead atoms. The molecule has 0 spiro atoms. The molecule has 0 unspecified atom stereocenters. The number of aromatic hydroxyl groups is 1. The summed E-state index contributed by atoms with van der Waals surface area (Å²) in [6, 6.07) is 9.92. The van der Waals surface area contributed by atoms with Crippen LogP contribution in [0, 0.1) is 11.6 Å². The van der Waals surface area contributed by atoms with Gasteiger partial charge in [0.2, 0.25) is 0 Å². The highest BCUT2D eigenvalue weighted by Gasteiger charge is 2.17. The van der Waals surface area contributed by atoms with Gasteiger partial charge in [-0.3, -0.25) is 9.59 Å². The first-order valence-corrected chi connectivity index (χ1v) is 10.6. The number of piperazine rings is 1. The van der Waals surface area contributed by atoms with Crippen LogP contribution in [0.3, 0.4) is 0 Å². The number of nitrogens with one attached hydrogen (secondary N) is 2. The van der Waals surface area contributed by atoms with Crippen molar-refractivity contribution in [3.05, 3.63) is 77.5 Å². The van der Waals surface area contributed by atoms with E-state index < -0.39 is 23.4 Å². The lowest BCUT2D eigenvalue weighted by Crippen LogP contribution is -2.44. The molecule has 1 fully saturated rings. The number of likely N-dealkylation sites (N-methyl/N-ethyl adjacent to an activating group) is 1. The van der Waals surface area contributed by atoms with Gasteiger partial charge in [0.15, 0.2) is 0 Å². The number of carbonyl (C=O) groups is 2. The van der Waals surface area contributed by atoms with Crippen molar-refractivity contribution >= 4 is 29.0 Å². The molecule has 3 aromatic rings. The maximum atomic E-state index is 13.3. The van der Waals surface area contributed by atoms with E-state index in [1.807, 2.05) is 6.07 Å². The van der Waals surface area contributed by atoms with Crippen LogP contribution in [0.25, 0.3) is 0 Å². The summed E-state index contributed by atoms with van der Waals surface area (Å²) in [5.74, 6) is -2.63. The lowest BCUT2D eigenvalue weighted by atomic mass is 10.1. The number of nitrogens with zero attached hydrogens (tertiary/aromatic N) is 3. The number of phenolic OH excluding ortho intramolecular Hbond substituents is 1. The number of benzene rings is 2. The number of halogens is 2. The molecule has 1 aliphatic rings. The maximum absolute atomic E-state index is 13.3. The molecule has 8 nitrogen and oxygen atoms in total. The number of pyridine rings is 1. The molecule has 2 amide bonds. The van der Waals surface area contributed by atoms with Gasteiger partial charge >= 0.3 is 0 Å². The molecule has 0 aliphatic carbocycles. The SMILES string of the molecule is CN1CCN(c2ccc(NC(=O)c3ccc(NC(=O)c4cc(F)cc(F)c4)cc3O)cn2)CC1. The minimum atomic E-state index is -0.883. The van der Waals surface area contributed by atoms with Gasteiger partial charge in [0.1, 0.15) is 23.2 Å². The molecule has 3 N–H and O–H groups in total. The third-order valence-electron chi connectivity index (χ3n) is 5.46. The van der Waals surface area contributed by atoms with Crippen LogP contribution in [-0.4, -0.2) is 60.0 Å². The van der Waals surface area contributed by atoms with Crippen LogP contribution in [0.5, 0.6) is 5.75 Å². The summed E-state index contributed by atoms with van der Waals surface area (Å²) in [5, 5.41) is 15.4. The van der Waals surface area contributed by atoms with E-state index in [0.29, 0.717) is 11.8 Å². The van der Waals surface area contributed by atoms with Gasteiger partial charge in [0.25, 0.3) is 11.8 Å². The summed E-state index contributed by atoms with van der Waals surface area (Å²) in [4.78, 5) is 33.7. The molecule has 34 heavy (non-hydrogen) atoms. The number of hydrogen-bond donors (Lipinski definition) is 3. The van der Waals surface area contributed by atoms with Crippen LogP contribution in [0.2, 0.25) is 0 Å². The van der Waals surface area contributed by atoms with E-state index in [0.717, 1.165) is 44.1 Å². The van der Waals surface area contributed by atoms with E-state index in [-0.39, 0.29) is 22.6 Å². The fourth-order valence-electron chi connectivity index (χ4n) is 3.57. The zero-order valence-corrected chi connectivity index (χ0v) is 18.4. The van der Waals surface area contributed by atoms with Gasteiger partial charge in [-0.2, -0.15) is 0 Å². The number of hydrogen-bond acceptors (Lipinski definition) is 6. The van der Waals surface area contributed by atoms with Crippen LogP contribution in [0.4, 0.5) is 26.0 Å². The predicted octanol–water partition coefficient (Wildman–Crippen LogP) is 3.32. The summed E-state index contributed by atoms with van der Waals surface area (Å²) in [7, 11) is 2.07. The Kier molecular flexibility index (Phi) is 6.69. The monoisotopic (exact) mass is 467 g/mol. The summed E-state index contributed by atoms with van der Waals surface area (Å²) < 4.78 is 26.7.